The minimum absolute atomic E-state index is 0.0445. The van der Waals surface area contributed by atoms with Gasteiger partial charge in [-0.3, -0.25) is 9.59 Å². The third-order valence-electron chi connectivity index (χ3n) is 9.02. The fraction of sp³-hybridized carbons (Fsp3) is 0.667. The highest BCUT2D eigenvalue weighted by atomic mass is 16.6. The van der Waals surface area contributed by atoms with E-state index in [1.807, 2.05) is 0 Å². The number of fused-ring (bicyclic) bond motifs is 2. The van der Waals surface area contributed by atoms with Crippen LogP contribution in [0.15, 0.2) is 12.1 Å². The standard InChI is InChI=1S/C42H64O10/c1-5-9-13-17-23-47-33-29-31-35(41(51-27-21-43)39(33)49-25-19-15-11-7-3)38(46)32-30-34(48-24-18-14-10-6-2)40(50-26-20-16-12-8-4)42(52-28-22-44)36(32)37(31)45/h29-30,43-44H,5-28H2,1-4H3. The van der Waals surface area contributed by atoms with Crippen molar-refractivity contribution in [2.45, 2.75) is 130 Å². The van der Waals surface area contributed by atoms with Crippen LogP contribution in [-0.4, -0.2) is 74.6 Å². The zero-order chi connectivity index (χ0) is 37.6. The predicted molar refractivity (Wildman–Crippen MR) is 203 cm³/mol. The largest absolute Gasteiger partial charge is 0.490 e. The van der Waals surface area contributed by atoms with Crippen molar-refractivity contribution >= 4 is 11.6 Å². The Bertz CT molecular complexity index is 1270. The van der Waals surface area contributed by atoms with Gasteiger partial charge in [0.2, 0.25) is 11.5 Å². The van der Waals surface area contributed by atoms with Gasteiger partial charge >= 0.3 is 0 Å². The average molecular weight is 729 g/mol. The molecule has 2 aromatic rings. The molecule has 0 heterocycles. The fourth-order valence-electron chi connectivity index (χ4n) is 6.20. The molecular weight excluding hydrogens is 664 g/mol. The Balaban J connectivity index is 2.20. The molecule has 1 aliphatic rings. The maximum absolute atomic E-state index is 14.7. The molecule has 1 aliphatic carbocycles. The number of aliphatic hydroxyl groups is 2. The number of unbranched alkanes of at least 4 members (excludes halogenated alkanes) is 12. The van der Waals surface area contributed by atoms with E-state index >= 15 is 0 Å². The second-order valence-corrected chi connectivity index (χ2v) is 13.3. The monoisotopic (exact) mass is 728 g/mol. The number of aliphatic hydroxyl groups excluding tert-OH is 2. The summed E-state index contributed by atoms with van der Waals surface area (Å²) >= 11 is 0. The van der Waals surface area contributed by atoms with Gasteiger partial charge in [-0.1, -0.05) is 105 Å². The van der Waals surface area contributed by atoms with Gasteiger partial charge in [0, 0.05) is 11.1 Å². The highest BCUT2D eigenvalue weighted by Crippen LogP contribution is 2.51. The van der Waals surface area contributed by atoms with Crippen LogP contribution in [0.3, 0.4) is 0 Å². The molecule has 0 amide bonds. The summed E-state index contributed by atoms with van der Waals surface area (Å²) < 4.78 is 37.3. The second kappa shape index (κ2) is 24.7. The topological polar surface area (TPSA) is 130 Å². The Morgan fingerprint density at radius 2 is 0.712 bits per heavy atom. The molecule has 292 valence electrons. The summed E-state index contributed by atoms with van der Waals surface area (Å²) in [5, 5.41) is 19.6. The van der Waals surface area contributed by atoms with E-state index < -0.39 is 11.6 Å². The highest BCUT2D eigenvalue weighted by Gasteiger charge is 2.40. The van der Waals surface area contributed by atoms with Crippen molar-refractivity contribution in [2.75, 3.05) is 52.9 Å². The third-order valence-corrected chi connectivity index (χ3v) is 9.02. The summed E-state index contributed by atoms with van der Waals surface area (Å²) in [6, 6.07) is 3.15. The van der Waals surface area contributed by atoms with Gasteiger partial charge in [-0.2, -0.15) is 0 Å². The minimum Gasteiger partial charge on any atom is -0.490 e. The van der Waals surface area contributed by atoms with E-state index in [9.17, 15) is 19.8 Å². The van der Waals surface area contributed by atoms with Crippen molar-refractivity contribution in [3.63, 3.8) is 0 Å². The number of carbonyl (C=O) groups is 2. The summed E-state index contributed by atoms with van der Waals surface area (Å²) in [5.74, 6) is 0.321. The highest BCUT2D eigenvalue weighted by molar-refractivity contribution is 6.31. The van der Waals surface area contributed by atoms with Crippen LogP contribution >= 0.6 is 0 Å². The number of rotatable bonds is 30. The number of ether oxygens (including phenoxy) is 6. The van der Waals surface area contributed by atoms with Gasteiger partial charge in [0.05, 0.1) is 50.8 Å². The molecule has 3 rings (SSSR count). The van der Waals surface area contributed by atoms with Crippen LogP contribution in [0, 0.1) is 0 Å². The van der Waals surface area contributed by atoms with Gasteiger partial charge in [0.15, 0.2) is 34.6 Å². The molecule has 0 saturated heterocycles. The van der Waals surface area contributed by atoms with E-state index in [2.05, 4.69) is 27.7 Å². The van der Waals surface area contributed by atoms with Crippen LogP contribution in [0.5, 0.6) is 34.5 Å². The smallest absolute Gasteiger partial charge is 0.204 e. The van der Waals surface area contributed by atoms with Crippen molar-refractivity contribution in [1.29, 1.82) is 0 Å². The molecule has 0 spiro atoms. The molecule has 0 aliphatic heterocycles. The average Bonchev–Trinajstić information content (AvgIpc) is 3.15. The Morgan fingerprint density at radius 1 is 0.404 bits per heavy atom. The number of carbonyl (C=O) groups excluding carboxylic acids is 2. The molecule has 0 fully saturated rings. The second-order valence-electron chi connectivity index (χ2n) is 13.3. The first-order valence-corrected chi connectivity index (χ1v) is 20.0. The molecule has 52 heavy (non-hydrogen) atoms. The predicted octanol–water partition coefficient (Wildman–Crippen LogP) is 9.04. The molecule has 0 unspecified atom stereocenters. The van der Waals surface area contributed by atoms with Gasteiger partial charge in [-0.25, -0.2) is 0 Å². The lowest BCUT2D eigenvalue weighted by atomic mass is 9.82. The van der Waals surface area contributed by atoms with Crippen molar-refractivity contribution in [1.82, 2.24) is 0 Å². The van der Waals surface area contributed by atoms with E-state index in [1.165, 1.54) is 0 Å². The molecule has 2 N–H and O–H groups in total. The van der Waals surface area contributed by atoms with E-state index in [0.717, 1.165) is 103 Å². The van der Waals surface area contributed by atoms with E-state index in [1.54, 1.807) is 12.1 Å². The van der Waals surface area contributed by atoms with Crippen LogP contribution < -0.4 is 28.4 Å². The Labute approximate surface area is 311 Å². The minimum atomic E-state index is -0.470. The van der Waals surface area contributed by atoms with Gasteiger partial charge in [-0.05, 0) is 37.8 Å². The molecule has 0 aromatic heterocycles. The summed E-state index contributed by atoms with van der Waals surface area (Å²) in [6.07, 6.45) is 15.7. The SMILES string of the molecule is CCCCCCOc1cc2c(c(OCCO)c1OCCCCCC)C(=O)c1cc(OCCCCCC)c(OCCCCCC)c(OCCO)c1C2=O. The molecule has 10 nitrogen and oxygen atoms in total. The molecule has 0 bridgehead atoms. The molecular formula is C42H64O10. The Hall–Kier alpha value is -3.50. The van der Waals surface area contributed by atoms with Crippen LogP contribution in [0.4, 0.5) is 0 Å². The maximum Gasteiger partial charge on any atom is 0.204 e. The molecule has 0 atom stereocenters. The van der Waals surface area contributed by atoms with Gasteiger partial charge in [0.25, 0.3) is 0 Å². The van der Waals surface area contributed by atoms with Gasteiger partial charge in [0.1, 0.15) is 13.2 Å². The molecule has 0 radical (unpaired) electrons. The van der Waals surface area contributed by atoms with Gasteiger partial charge < -0.3 is 38.6 Å². The van der Waals surface area contributed by atoms with E-state index in [-0.39, 0.29) is 71.7 Å². The fourth-order valence-corrected chi connectivity index (χ4v) is 6.20. The van der Waals surface area contributed by atoms with Crippen LogP contribution in [-0.2, 0) is 0 Å². The first kappa shape index (κ1) is 42.9. The summed E-state index contributed by atoms with van der Waals surface area (Å²) in [7, 11) is 0. The lowest BCUT2D eigenvalue weighted by molar-refractivity contribution is 0.0965. The zero-order valence-electron chi connectivity index (χ0n) is 32.3. The first-order valence-electron chi connectivity index (χ1n) is 20.0. The summed E-state index contributed by atoms with van der Waals surface area (Å²) in [4.78, 5) is 29.4. The molecule has 10 heteroatoms. The number of benzene rings is 2. The summed E-state index contributed by atoms with van der Waals surface area (Å²) in [5.41, 5.74) is 0.262. The lowest BCUT2D eigenvalue weighted by Crippen LogP contribution is -2.25. The number of ketones is 2. The van der Waals surface area contributed by atoms with Gasteiger partial charge in [-0.15, -0.1) is 0 Å². The van der Waals surface area contributed by atoms with Crippen LogP contribution in [0.1, 0.15) is 162 Å². The Kier molecular flexibility index (Phi) is 20.4. The lowest BCUT2D eigenvalue weighted by Gasteiger charge is -2.27. The summed E-state index contributed by atoms with van der Waals surface area (Å²) in [6.45, 7) is 9.24. The van der Waals surface area contributed by atoms with E-state index in [4.69, 9.17) is 28.4 Å². The third kappa shape index (κ3) is 12.3. The zero-order valence-corrected chi connectivity index (χ0v) is 32.3. The van der Waals surface area contributed by atoms with Crippen LogP contribution in [0.2, 0.25) is 0 Å². The number of hydrogen-bond acceptors (Lipinski definition) is 10. The molecule has 0 saturated carbocycles. The van der Waals surface area contributed by atoms with Crippen molar-refractivity contribution in [3.05, 3.63) is 34.4 Å². The van der Waals surface area contributed by atoms with Crippen molar-refractivity contribution in [3.8, 4) is 34.5 Å². The normalized spacial score (nSPS) is 12.0. The first-order chi connectivity index (χ1) is 25.5. The Morgan fingerprint density at radius 3 is 1.02 bits per heavy atom. The van der Waals surface area contributed by atoms with E-state index in [0.29, 0.717) is 37.9 Å². The maximum atomic E-state index is 14.7. The molecule has 2 aromatic carbocycles. The van der Waals surface area contributed by atoms with Crippen molar-refractivity contribution in [2.24, 2.45) is 0 Å². The van der Waals surface area contributed by atoms with Crippen LogP contribution in [0.25, 0.3) is 0 Å². The quantitative estimate of drug-likeness (QED) is 0.0642. The number of hydrogen-bond donors (Lipinski definition) is 2. The van der Waals surface area contributed by atoms with Crippen molar-refractivity contribution < 1.29 is 48.2 Å².